The van der Waals surface area contributed by atoms with E-state index in [4.69, 9.17) is 10.8 Å². The van der Waals surface area contributed by atoms with E-state index >= 15 is 0 Å². The van der Waals surface area contributed by atoms with E-state index in [1.54, 1.807) is 6.07 Å². The summed E-state index contributed by atoms with van der Waals surface area (Å²) < 4.78 is 0.918. The number of para-hydroxylation sites is 2. The van der Waals surface area contributed by atoms with Gasteiger partial charge in [0.05, 0.1) is 4.92 Å². The maximum absolute atomic E-state index is 10.8. The maximum Gasteiger partial charge on any atom is 0.360 e. The van der Waals surface area contributed by atoms with Gasteiger partial charge in [-0.3, -0.25) is 10.1 Å². The number of anilines is 1. The van der Waals surface area contributed by atoms with Crippen LogP contribution in [0.3, 0.4) is 0 Å². The van der Waals surface area contributed by atoms with Crippen molar-refractivity contribution in [3.63, 3.8) is 0 Å². The fourth-order valence-corrected chi connectivity index (χ4v) is 1.42. The number of benzene rings is 1. The van der Waals surface area contributed by atoms with Crippen LogP contribution in [-0.4, -0.2) is 31.0 Å². The highest BCUT2D eigenvalue weighted by molar-refractivity contribution is 5.90. The van der Waals surface area contributed by atoms with Crippen molar-refractivity contribution in [1.82, 2.24) is 15.0 Å². The van der Waals surface area contributed by atoms with E-state index in [0.717, 1.165) is 4.68 Å². The van der Waals surface area contributed by atoms with Crippen molar-refractivity contribution in [3.8, 4) is 5.69 Å². The minimum Gasteiger partial charge on any atom is -0.476 e. The van der Waals surface area contributed by atoms with Crippen LogP contribution in [0.4, 0.5) is 11.5 Å². The molecule has 0 aliphatic heterocycles. The summed E-state index contributed by atoms with van der Waals surface area (Å²) in [6.45, 7) is 0. The predicted molar refractivity (Wildman–Crippen MR) is 59.4 cm³/mol. The van der Waals surface area contributed by atoms with Crippen LogP contribution in [-0.2, 0) is 0 Å². The van der Waals surface area contributed by atoms with E-state index < -0.39 is 16.6 Å². The molecular weight excluding hydrogens is 242 g/mol. The third-order valence-corrected chi connectivity index (χ3v) is 2.21. The van der Waals surface area contributed by atoms with E-state index in [0.29, 0.717) is 0 Å². The van der Waals surface area contributed by atoms with E-state index in [9.17, 15) is 14.9 Å². The number of carboxylic acid groups (broad SMARTS) is 1. The predicted octanol–water partition coefficient (Wildman–Crippen LogP) is 0.456. The minimum absolute atomic E-state index is 0.0556. The lowest BCUT2D eigenvalue weighted by atomic mass is 10.2. The van der Waals surface area contributed by atoms with Gasteiger partial charge in [-0.05, 0) is 6.07 Å². The largest absolute Gasteiger partial charge is 0.476 e. The fraction of sp³-hybridized carbons (Fsp3) is 0. The lowest BCUT2D eigenvalue weighted by Gasteiger charge is -2.03. The first kappa shape index (κ1) is 11.5. The molecule has 0 aliphatic rings. The Morgan fingerprint density at radius 2 is 2.11 bits per heavy atom. The molecule has 92 valence electrons. The summed E-state index contributed by atoms with van der Waals surface area (Å²) in [5, 5.41) is 26.5. The molecule has 0 radical (unpaired) electrons. The molecule has 2 rings (SSSR count). The molecular formula is C9H7N5O4. The molecule has 9 heteroatoms. The zero-order valence-electron chi connectivity index (χ0n) is 8.85. The molecule has 2 aromatic rings. The van der Waals surface area contributed by atoms with Crippen LogP contribution < -0.4 is 5.73 Å². The molecule has 9 nitrogen and oxygen atoms in total. The number of nitrogens with two attached hydrogens (primary N) is 1. The highest BCUT2D eigenvalue weighted by Gasteiger charge is 2.22. The molecule has 0 fully saturated rings. The number of carbonyl (C=O) groups is 1. The zero-order valence-corrected chi connectivity index (χ0v) is 8.85. The van der Waals surface area contributed by atoms with Crippen molar-refractivity contribution >= 4 is 17.5 Å². The van der Waals surface area contributed by atoms with Crippen LogP contribution in [0.1, 0.15) is 10.5 Å². The summed E-state index contributed by atoms with van der Waals surface area (Å²) in [4.78, 5) is 21.0. The second-order valence-electron chi connectivity index (χ2n) is 3.29. The summed E-state index contributed by atoms with van der Waals surface area (Å²) in [6, 6.07) is 5.68. The molecule has 18 heavy (non-hydrogen) atoms. The maximum atomic E-state index is 10.8. The summed E-state index contributed by atoms with van der Waals surface area (Å²) >= 11 is 0. The second kappa shape index (κ2) is 4.13. The molecule has 0 amide bonds. The molecule has 1 aromatic carbocycles. The van der Waals surface area contributed by atoms with Gasteiger partial charge in [0.1, 0.15) is 5.69 Å². The molecule has 1 aromatic heterocycles. The monoisotopic (exact) mass is 249 g/mol. The van der Waals surface area contributed by atoms with Crippen molar-refractivity contribution in [1.29, 1.82) is 0 Å². The van der Waals surface area contributed by atoms with Gasteiger partial charge in [0, 0.05) is 6.07 Å². The summed E-state index contributed by atoms with van der Waals surface area (Å²) in [5.41, 5.74) is 4.90. The number of nitrogens with zero attached hydrogens (tertiary/aromatic N) is 4. The van der Waals surface area contributed by atoms with Gasteiger partial charge in [0.2, 0.25) is 5.69 Å². The number of aromatic carboxylic acids is 1. The molecule has 0 bridgehead atoms. The third-order valence-electron chi connectivity index (χ3n) is 2.21. The Hall–Kier alpha value is -2.97. The smallest absolute Gasteiger partial charge is 0.360 e. The number of nitrogen functional groups attached to an aromatic ring is 1. The third kappa shape index (κ3) is 1.73. The van der Waals surface area contributed by atoms with Crippen molar-refractivity contribution in [3.05, 3.63) is 40.1 Å². The molecule has 0 atom stereocenters. The lowest BCUT2D eigenvalue weighted by molar-refractivity contribution is -0.384. The summed E-state index contributed by atoms with van der Waals surface area (Å²) in [6.07, 6.45) is 0. The molecule has 0 saturated heterocycles. The Morgan fingerprint density at radius 3 is 2.67 bits per heavy atom. The van der Waals surface area contributed by atoms with Gasteiger partial charge < -0.3 is 10.8 Å². The minimum atomic E-state index is -1.35. The Balaban J connectivity index is 2.63. The Bertz CT molecular complexity index is 636. The van der Waals surface area contributed by atoms with Gasteiger partial charge in [-0.25, -0.2) is 4.79 Å². The quantitative estimate of drug-likeness (QED) is 0.595. The average Bonchev–Trinajstić information content (AvgIpc) is 2.71. The number of aromatic nitrogens is 3. The number of nitro benzene ring substituents is 1. The first-order chi connectivity index (χ1) is 8.52. The Kier molecular flexibility index (Phi) is 2.64. The van der Waals surface area contributed by atoms with Gasteiger partial charge in [-0.2, -0.15) is 4.68 Å². The number of carboxylic acids is 1. The van der Waals surface area contributed by atoms with E-state index in [-0.39, 0.29) is 17.2 Å². The zero-order chi connectivity index (χ0) is 13.3. The second-order valence-corrected chi connectivity index (χ2v) is 3.29. The van der Waals surface area contributed by atoms with Crippen LogP contribution in [0.15, 0.2) is 24.3 Å². The van der Waals surface area contributed by atoms with Crippen LogP contribution >= 0.6 is 0 Å². The van der Waals surface area contributed by atoms with Gasteiger partial charge in [-0.1, -0.05) is 17.3 Å². The molecule has 0 saturated carbocycles. The molecule has 0 spiro atoms. The van der Waals surface area contributed by atoms with Gasteiger partial charge in [0.15, 0.2) is 5.82 Å². The molecule has 1 heterocycles. The van der Waals surface area contributed by atoms with Crippen LogP contribution in [0.5, 0.6) is 0 Å². The van der Waals surface area contributed by atoms with E-state index in [1.165, 1.54) is 18.2 Å². The fourth-order valence-electron chi connectivity index (χ4n) is 1.42. The van der Waals surface area contributed by atoms with E-state index in [2.05, 4.69) is 10.3 Å². The van der Waals surface area contributed by atoms with Gasteiger partial charge >= 0.3 is 5.97 Å². The SMILES string of the molecule is Nc1c(C(=O)O)nnn1-c1ccccc1[N+](=O)[O-]. The average molecular weight is 249 g/mol. The highest BCUT2D eigenvalue weighted by atomic mass is 16.6. The number of hydrogen-bond acceptors (Lipinski definition) is 6. The van der Waals surface area contributed by atoms with Crippen LogP contribution in [0, 0.1) is 10.1 Å². The van der Waals surface area contributed by atoms with Crippen molar-refractivity contribution in [2.45, 2.75) is 0 Å². The van der Waals surface area contributed by atoms with Crippen LogP contribution in [0.2, 0.25) is 0 Å². The molecule has 0 unspecified atom stereocenters. The number of hydrogen-bond donors (Lipinski definition) is 2. The number of rotatable bonds is 3. The first-order valence-electron chi connectivity index (χ1n) is 4.70. The molecule has 3 N–H and O–H groups in total. The van der Waals surface area contributed by atoms with Crippen molar-refractivity contribution in [2.24, 2.45) is 0 Å². The Labute approximate surface area is 99.6 Å². The highest BCUT2D eigenvalue weighted by Crippen LogP contribution is 2.24. The van der Waals surface area contributed by atoms with Gasteiger partial charge in [-0.15, -0.1) is 5.10 Å². The standard InChI is InChI=1S/C9H7N5O4/c10-8-7(9(15)16)11-12-13(8)5-3-1-2-4-6(5)14(17)18/h1-4H,10H2,(H,15,16). The number of nitro groups is 1. The molecule has 0 aliphatic carbocycles. The first-order valence-corrected chi connectivity index (χ1v) is 4.70. The normalized spacial score (nSPS) is 10.2. The van der Waals surface area contributed by atoms with Crippen molar-refractivity contribution < 1.29 is 14.8 Å². The Morgan fingerprint density at radius 1 is 1.44 bits per heavy atom. The summed E-state index contributed by atoms with van der Waals surface area (Å²) in [7, 11) is 0. The lowest BCUT2D eigenvalue weighted by Crippen LogP contribution is -2.07. The van der Waals surface area contributed by atoms with Crippen LogP contribution in [0.25, 0.3) is 5.69 Å². The topological polar surface area (TPSA) is 137 Å². The van der Waals surface area contributed by atoms with Crippen molar-refractivity contribution in [2.75, 3.05) is 5.73 Å². The van der Waals surface area contributed by atoms with E-state index in [1.807, 2.05) is 0 Å². The van der Waals surface area contributed by atoms with Gasteiger partial charge in [0.25, 0.3) is 5.69 Å². The summed E-state index contributed by atoms with van der Waals surface area (Å²) in [5.74, 6) is -1.62.